The highest BCUT2D eigenvalue weighted by Gasteiger charge is 2.30. The Hall–Kier alpha value is -2.37. The zero-order valence-electron chi connectivity index (χ0n) is 14.0. The molecule has 0 spiro atoms. The van der Waals surface area contributed by atoms with E-state index in [0.29, 0.717) is 23.7 Å². The van der Waals surface area contributed by atoms with E-state index in [4.69, 9.17) is 9.47 Å². The molecule has 0 aliphatic carbocycles. The second-order valence-corrected chi connectivity index (χ2v) is 8.20. The van der Waals surface area contributed by atoms with Gasteiger partial charge in [-0.2, -0.15) is 0 Å². The zero-order chi connectivity index (χ0) is 18.5. The predicted octanol–water partition coefficient (Wildman–Crippen LogP) is 3.92. The molecular weight excluding hydrogens is 472 g/mol. The fraction of sp³-hybridized carbons (Fsp3) is 0.0455. The number of rotatable bonds is 2. The van der Waals surface area contributed by atoms with Crippen molar-refractivity contribution < 1.29 is 14.3 Å². The first kappa shape index (κ1) is 16.8. The fourth-order valence-electron chi connectivity index (χ4n) is 3.50. The van der Waals surface area contributed by atoms with E-state index >= 15 is 0 Å². The summed E-state index contributed by atoms with van der Waals surface area (Å²) >= 11 is 6.89. The van der Waals surface area contributed by atoms with Crippen LogP contribution in [0.25, 0.3) is 11.1 Å². The van der Waals surface area contributed by atoms with Gasteiger partial charge < -0.3 is 9.47 Å². The number of benzene rings is 3. The summed E-state index contributed by atoms with van der Waals surface area (Å²) in [6, 6.07) is 19.7. The van der Waals surface area contributed by atoms with E-state index in [0.717, 1.165) is 36.1 Å². The molecule has 0 fully saturated rings. The molecule has 5 heteroatoms. The van der Waals surface area contributed by atoms with Crippen LogP contribution in [-0.4, -0.2) is 12.6 Å². The monoisotopic (exact) mass is 482 g/mol. The van der Waals surface area contributed by atoms with E-state index in [1.807, 2.05) is 48.5 Å². The number of carbonyl (C=O) groups excluding carboxylic acids is 1. The van der Waals surface area contributed by atoms with Gasteiger partial charge in [-0.1, -0.05) is 56.1 Å². The second kappa shape index (κ2) is 6.36. The Bertz CT molecular complexity index is 1210. The third-order valence-corrected chi connectivity index (χ3v) is 5.85. The van der Waals surface area contributed by atoms with E-state index in [1.54, 1.807) is 0 Å². The van der Waals surface area contributed by atoms with E-state index < -0.39 is 0 Å². The quantitative estimate of drug-likeness (QED) is 0.409. The number of carbonyl (C=O) groups is 1. The summed E-state index contributed by atoms with van der Waals surface area (Å²) in [4.78, 5) is 12.6. The molecule has 3 aromatic carbocycles. The van der Waals surface area contributed by atoms with E-state index in [2.05, 4.69) is 44.0 Å². The number of esters is 1. The molecule has 2 heterocycles. The van der Waals surface area contributed by atoms with Gasteiger partial charge in [0.25, 0.3) is 0 Å². The first-order chi connectivity index (χ1) is 13.1. The van der Waals surface area contributed by atoms with Crippen molar-refractivity contribution in [1.82, 2.24) is 0 Å². The normalized spacial score (nSPS) is 14.7. The summed E-state index contributed by atoms with van der Waals surface area (Å²) in [5, 5.41) is 1.75. The number of hydrogen-bond donors (Lipinski definition) is 0. The Morgan fingerprint density at radius 3 is 1.96 bits per heavy atom. The van der Waals surface area contributed by atoms with Crippen LogP contribution in [0, 0.1) is 0 Å². The van der Waals surface area contributed by atoms with Gasteiger partial charge in [0.05, 0.1) is 5.57 Å². The van der Waals surface area contributed by atoms with Crippen molar-refractivity contribution in [3.63, 3.8) is 0 Å². The van der Waals surface area contributed by atoms with Gasteiger partial charge in [-0.25, -0.2) is 4.79 Å². The standard InChI is InChI=1S/C22H12Br2O3/c23-14-5-1-12(2-6-14)18-11-26-20-16(18)9-10-17-19(22(25)27-21(17)20)13-3-7-15(24)8-4-13/h1-10H,11H2. The van der Waals surface area contributed by atoms with Crippen molar-refractivity contribution in [2.75, 3.05) is 6.61 Å². The second-order valence-electron chi connectivity index (χ2n) is 6.36. The lowest BCUT2D eigenvalue weighted by atomic mass is 10.0. The number of halogens is 2. The van der Waals surface area contributed by atoms with Crippen LogP contribution >= 0.6 is 31.9 Å². The molecule has 2 aliphatic heterocycles. The summed E-state index contributed by atoms with van der Waals surface area (Å²) < 4.78 is 13.6. The molecule has 0 saturated heterocycles. The minimum Gasteiger partial charge on any atom is -0.484 e. The SMILES string of the molecule is O=C1Oc2c3c(ccc2=C1c1ccc(Br)cc1)=C(c1ccc(Br)cc1)CO3. The molecule has 0 aromatic heterocycles. The lowest BCUT2D eigenvalue weighted by molar-refractivity contribution is -0.127. The molecule has 3 aromatic rings. The summed E-state index contributed by atoms with van der Waals surface area (Å²) in [6.07, 6.45) is 0. The molecule has 2 aliphatic rings. The van der Waals surface area contributed by atoms with Crippen LogP contribution in [0.4, 0.5) is 0 Å². The maximum atomic E-state index is 12.6. The third-order valence-electron chi connectivity index (χ3n) is 4.79. The Morgan fingerprint density at radius 1 is 0.704 bits per heavy atom. The van der Waals surface area contributed by atoms with Crippen molar-refractivity contribution in [3.8, 4) is 11.5 Å². The number of hydrogen-bond acceptors (Lipinski definition) is 3. The van der Waals surface area contributed by atoms with Gasteiger partial charge in [-0.3, -0.25) is 0 Å². The average Bonchev–Trinajstić information content (AvgIpc) is 3.24. The zero-order valence-corrected chi connectivity index (χ0v) is 17.1. The van der Waals surface area contributed by atoms with Crippen molar-refractivity contribution in [3.05, 3.63) is 91.2 Å². The van der Waals surface area contributed by atoms with Crippen LogP contribution in [0.2, 0.25) is 0 Å². The molecule has 0 radical (unpaired) electrons. The van der Waals surface area contributed by atoms with Gasteiger partial charge in [-0.15, -0.1) is 0 Å². The lowest BCUT2D eigenvalue weighted by Crippen LogP contribution is -2.11. The molecule has 0 saturated carbocycles. The topological polar surface area (TPSA) is 35.5 Å². The molecule has 0 N–H and O–H groups in total. The van der Waals surface area contributed by atoms with Gasteiger partial charge in [0.15, 0.2) is 11.5 Å². The van der Waals surface area contributed by atoms with Crippen LogP contribution in [0.5, 0.6) is 11.5 Å². The molecule has 3 nitrogen and oxygen atoms in total. The van der Waals surface area contributed by atoms with Crippen LogP contribution in [0.1, 0.15) is 11.1 Å². The lowest BCUT2D eigenvalue weighted by Gasteiger charge is -2.02. The molecule has 5 rings (SSSR count). The van der Waals surface area contributed by atoms with E-state index in [-0.39, 0.29) is 5.97 Å². The Balaban J connectivity index is 1.73. The van der Waals surface area contributed by atoms with Crippen molar-refractivity contribution >= 4 is 49.0 Å². The van der Waals surface area contributed by atoms with Crippen LogP contribution in [0.3, 0.4) is 0 Å². The highest BCUT2D eigenvalue weighted by molar-refractivity contribution is 9.10. The van der Waals surface area contributed by atoms with Gasteiger partial charge in [0, 0.05) is 25.0 Å². The predicted molar refractivity (Wildman–Crippen MR) is 110 cm³/mol. The molecular formula is C22H12Br2O3. The first-order valence-corrected chi connectivity index (χ1v) is 9.98. The Labute approximate surface area is 172 Å². The highest BCUT2D eigenvalue weighted by Crippen LogP contribution is 2.32. The summed E-state index contributed by atoms with van der Waals surface area (Å²) in [7, 11) is 0. The van der Waals surface area contributed by atoms with Gasteiger partial charge in [0.2, 0.25) is 0 Å². The van der Waals surface area contributed by atoms with Crippen molar-refractivity contribution in [1.29, 1.82) is 0 Å². The van der Waals surface area contributed by atoms with E-state index in [1.165, 1.54) is 0 Å². The minimum atomic E-state index is -0.346. The van der Waals surface area contributed by atoms with Gasteiger partial charge in [-0.05, 0) is 47.5 Å². The molecule has 132 valence electrons. The van der Waals surface area contributed by atoms with E-state index in [9.17, 15) is 4.79 Å². The Kier molecular flexibility index (Phi) is 3.95. The molecule has 0 atom stereocenters. The maximum Gasteiger partial charge on any atom is 0.345 e. The van der Waals surface area contributed by atoms with Crippen LogP contribution in [-0.2, 0) is 4.79 Å². The number of fused-ring (bicyclic) bond motifs is 3. The molecule has 27 heavy (non-hydrogen) atoms. The summed E-state index contributed by atoms with van der Waals surface area (Å²) in [5.41, 5.74) is 3.59. The van der Waals surface area contributed by atoms with Crippen molar-refractivity contribution in [2.24, 2.45) is 0 Å². The first-order valence-electron chi connectivity index (χ1n) is 8.39. The third kappa shape index (κ3) is 2.73. The van der Waals surface area contributed by atoms with Crippen LogP contribution < -0.4 is 19.9 Å². The highest BCUT2D eigenvalue weighted by atomic mass is 79.9. The summed E-state index contributed by atoms with van der Waals surface area (Å²) in [6.45, 7) is 0.457. The molecule has 0 amide bonds. The number of ether oxygens (including phenoxy) is 2. The maximum absolute atomic E-state index is 12.6. The minimum absolute atomic E-state index is 0.346. The Morgan fingerprint density at radius 2 is 1.30 bits per heavy atom. The average molecular weight is 484 g/mol. The summed E-state index contributed by atoms with van der Waals surface area (Å²) in [5.74, 6) is 0.815. The molecule has 0 unspecified atom stereocenters. The fourth-order valence-corrected chi connectivity index (χ4v) is 4.03. The van der Waals surface area contributed by atoms with Gasteiger partial charge in [0.1, 0.15) is 6.61 Å². The van der Waals surface area contributed by atoms with Crippen molar-refractivity contribution in [2.45, 2.75) is 0 Å². The smallest absolute Gasteiger partial charge is 0.345 e. The van der Waals surface area contributed by atoms with Crippen LogP contribution in [0.15, 0.2) is 69.6 Å². The molecule has 0 bridgehead atoms. The van der Waals surface area contributed by atoms with Gasteiger partial charge >= 0.3 is 5.97 Å². The largest absolute Gasteiger partial charge is 0.484 e.